The summed E-state index contributed by atoms with van der Waals surface area (Å²) in [7, 11) is 0. The number of hydrogen-bond acceptors (Lipinski definition) is 5. The summed E-state index contributed by atoms with van der Waals surface area (Å²) in [5.74, 6) is -0.291. The number of ether oxygens (including phenoxy) is 1. The lowest BCUT2D eigenvalue weighted by Gasteiger charge is -2.10. The average Bonchev–Trinajstić information content (AvgIpc) is 2.75. The monoisotopic (exact) mass is 234 g/mol. The summed E-state index contributed by atoms with van der Waals surface area (Å²) in [6, 6.07) is 5.07. The zero-order valence-electron chi connectivity index (χ0n) is 9.55. The fraction of sp³-hybridized carbons (Fsp3) is 0.333. The molecule has 5 nitrogen and oxygen atoms in total. The van der Waals surface area contributed by atoms with Crippen LogP contribution in [0.1, 0.15) is 24.9 Å². The van der Waals surface area contributed by atoms with Gasteiger partial charge in [-0.3, -0.25) is 4.79 Å². The van der Waals surface area contributed by atoms with Crippen LogP contribution in [0.4, 0.5) is 0 Å². The van der Waals surface area contributed by atoms with Crippen LogP contribution in [0.15, 0.2) is 29.0 Å². The molecule has 0 saturated carbocycles. The van der Waals surface area contributed by atoms with Crippen molar-refractivity contribution in [1.29, 1.82) is 0 Å². The molecular weight excluding hydrogens is 220 g/mol. The smallest absolute Gasteiger partial charge is 0.307 e. The summed E-state index contributed by atoms with van der Waals surface area (Å²) >= 11 is 0. The third kappa shape index (κ3) is 2.62. The Balaban J connectivity index is 2.12. The number of hydrogen-bond donors (Lipinski definition) is 1. The Bertz CT molecular complexity index is 521. The van der Waals surface area contributed by atoms with E-state index in [0.717, 1.165) is 11.1 Å². The normalized spacial score (nSPS) is 12.6. The fourth-order valence-electron chi connectivity index (χ4n) is 1.62. The maximum Gasteiger partial charge on any atom is 0.307 e. The quantitative estimate of drug-likeness (QED) is 0.816. The molecule has 2 rings (SSSR count). The van der Waals surface area contributed by atoms with Crippen LogP contribution in [0.2, 0.25) is 0 Å². The van der Waals surface area contributed by atoms with Gasteiger partial charge in [-0.05, 0) is 24.6 Å². The molecule has 0 radical (unpaired) electrons. The molecule has 0 bridgehead atoms. The molecule has 2 aromatic rings. The summed E-state index contributed by atoms with van der Waals surface area (Å²) < 4.78 is 9.98. The van der Waals surface area contributed by atoms with Gasteiger partial charge >= 0.3 is 5.97 Å². The SMILES string of the molecule is CCOC(=O)CC(N)c1ccc2ocnc2c1. The van der Waals surface area contributed by atoms with Crippen LogP contribution in [0.5, 0.6) is 0 Å². The summed E-state index contributed by atoms with van der Waals surface area (Å²) in [6.45, 7) is 2.14. The van der Waals surface area contributed by atoms with E-state index in [1.807, 2.05) is 12.1 Å². The Kier molecular flexibility index (Phi) is 3.39. The summed E-state index contributed by atoms with van der Waals surface area (Å²) in [6.07, 6.45) is 1.54. The van der Waals surface area contributed by atoms with Crippen LogP contribution in [-0.4, -0.2) is 17.6 Å². The summed E-state index contributed by atoms with van der Waals surface area (Å²) in [4.78, 5) is 15.3. The molecule has 5 heteroatoms. The van der Waals surface area contributed by atoms with Gasteiger partial charge in [0.15, 0.2) is 12.0 Å². The largest absolute Gasteiger partial charge is 0.466 e. The van der Waals surface area contributed by atoms with Gasteiger partial charge in [-0.15, -0.1) is 0 Å². The minimum Gasteiger partial charge on any atom is -0.466 e. The number of rotatable bonds is 4. The van der Waals surface area contributed by atoms with E-state index in [-0.39, 0.29) is 18.4 Å². The van der Waals surface area contributed by atoms with Crippen molar-refractivity contribution in [2.24, 2.45) is 5.73 Å². The number of nitrogens with zero attached hydrogens (tertiary/aromatic N) is 1. The van der Waals surface area contributed by atoms with Crippen LogP contribution in [0, 0.1) is 0 Å². The minimum absolute atomic E-state index is 0.164. The van der Waals surface area contributed by atoms with Crippen molar-refractivity contribution in [3.05, 3.63) is 30.2 Å². The number of carbonyl (C=O) groups is 1. The molecule has 1 unspecified atom stereocenters. The molecular formula is C12H14N2O3. The van der Waals surface area contributed by atoms with Gasteiger partial charge in [0.05, 0.1) is 13.0 Å². The van der Waals surface area contributed by atoms with Crippen LogP contribution in [0.3, 0.4) is 0 Å². The number of fused-ring (bicyclic) bond motifs is 1. The van der Waals surface area contributed by atoms with Gasteiger partial charge in [-0.1, -0.05) is 6.07 Å². The molecule has 0 fully saturated rings. The van der Waals surface area contributed by atoms with Crippen LogP contribution < -0.4 is 5.73 Å². The second-order valence-electron chi connectivity index (χ2n) is 3.70. The van der Waals surface area contributed by atoms with E-state index >= 15 is 0 Å². The first-order chi connectivity index (χ1) is 8.20. The third-order valence-electron chi connectivity index (χ3n) is 2.47. The highest BCUT2D eigenvalue weighted by molar-refractivity contribution is 5.74. The number of benzene rings is 1. The molecule has 1 atom stereocenters. The van der Waals surface area contributed by atoms with E-state index in [1.54, 1.807) is 13.0 Å². The van der Waals surface area contributed by atoms with Gasteiger partial charge in [0, 0.05) is 6.04 Å². The Labute approximate surface area is 98.6 Å². The topological polar surface area (TPSA) is 78.4 Å². The van der Waals surface area contributed by atoms with Gasteiger partial charge in [-0.25, -0.2) is 4.98 Å². The van der Waals surface area contributed by atoms with Crippen LogP contribution in [0.25, 0.3) is 11.1 Å². The standard InChI is InChI=1S/C12H14N2O3/c1-2-16-12(15)6-9(13)8-3-4-11-10(5-8)14-7-17-11/h3-5,7,9H,2,6,13H2,1H3. The van der Waals surface area contributed by atoms with Crippen molar-refractivity contribution < 1.29 is 13.9 Å². The van der Waals surface area contributed by atoms with E-state index < -0.39 is 0 Å². The van der Waals surface area contributed by atoms with Crippen molar-refractivity contribution in [2.45, 2.75) is 19.4 Å². The number of carbonyl (C=O) groups excluding carboxylic acids is 1. The van der Waals surface area contributed by atoms with E-state index in [1.165, 1.54) is 6.39 Å². The number of esters is 1. The Morgan fingerprint density at radius 3 is 3.18 bits per heavy atom. The van der Waals surface area contributed by atoms with Crippen molar-refractivity contribution >= 4 is 17.1 Å². The first-order valence-corrected chi connectivity index (χ1v) is 5.45. The molecule has 0 saturated heterocycles. The van der Waals surface area contributed by atoms with Crippen molar-refractivity contribution in [3.63, 3.8) is 0 Å². The van der Waals surface area contributed by atoms with Gasteiger partial charge < -0.3 is 14.9 Å². The van der Waals surface area contributed by atoms with Gasteiger partial charge in [0.25, 0.3) is 0 Å². The highest BCUT2D eigenvalue weighted by Crippen LogP contribution is 2.20. The lowest BCUT2D eigenvalue weighted by Crippen LogP contribution is -2.17. The van der Waals surface area contributed by atoms with E-state index in [4.69, 9.17) is 14.9 Å². The first kappa shape index (κ1) is 11.6. The van der Waals surface area contributed by atoms with Crippen molar-refractivity contribution in [2.75, 3.05) is 6.61 Å². The highest BCUT2D eigenvalue weighted by Gasteiger charge is 2.13. The van der Waals surface area contributed by atoms with Crippen molar-refractivity contribution in [3.8, 4) is 0 Å². The molecule has 0 aliphatic rings. The predicted octanol–water partition coefficient (Wildman–Crippen LogP) is 1.78. The van der Waals surface area contributed by atoms with E-state index in [9.17, 15) is 4.79 Å². The average molecular weight is 234 g/mol. The molecule has 90 valence electrons. The van der Waals surface area contributed by atoms with E-state index in [0.29, 0.717) is 12.2 Å². The molecule has 17 heavy (non-hydrogen) atoms. The molecule has 1 heterocycles. The van der Waals surface area contributed by atoms with E-state index in [2.05, 4.69) is 4.98 Å². The molecule has 0 aliphatic carbocycles. The van der Waals surface area contributed by atoms with Gasteiger partial charge in [-0.2, -0.15) is 0 Å². The molecule has 2 N–H and O–H groups in total. The van der Waals surface area contributed by atoms with Gasteiger partial charge in [0.2, 0.25) is 0 Å². The number of nitrogens with two attached hydrogens (primary N) is 1. The highest BCUT2D eigenvalue weighted by atomic mass is 16.5. The van der Waals surface area contributed by atoms with Crippen LogP contribution >= 0.6 is 0 Å². The maximum absolute atomic E-state index is 11.3. The lowest BCUT2D eigenvalue weighted by molar-refractivity contribution is -0.143. The molecule has 0 spiro atoms. The molecule has 1 aromatic heterocycles. The fourth-order valence-corrected chi connectivity index (χ4v) is 1.62. The summed E-state index contributed by atoms with van der Waals surface area (Å²) in [5.41, 5.74) is 8.22. The number of oxazole rings is 1. The maximum atomic E-state index is 11.3. The van der Waals surface area contributed by atoms with Crippen LogP contribution in [-0.2, 0) is 9.53 Å². The predicted molar refractivity (Wildman–Crippen MR) is 62.2 cm³/mol. The lowest BCUT2D eigenvalue weighted by atomic mass is 10.0. The number of aromatic nitrogens is 1. The molecule has 0 aliphatic heterocycles. The summed E-state index contributed by atoms with van der Waals surface area (Å²) in [5, 5.41) is 0. The van der Waals surface area contributed by atoms with Gasteiger partial charge in [0.1, 0.15) is 5.52 Å². The molecule has 0 amide bonds. The zero-order valence-corrected chi connectivity index (χ0v) is 9.55. The Morgan fingerprint density at radius 2 is 2.41 bits per heavy atom. The Hall–Kier alpha value is -1.88. The zero-order chi connectivity index (χ0) is 12.3. The van der Waals surface area contributed by atoms with Crippen molar-refractivity contribution in [1.82, 2.24) is 4.98 Å². The minimum atomic E-state index is -0.379. The second kappa shape index (κ2) is 4.97. The Morgan fingerprint density at radius 1 is 1.59 bits per heavy atom. The first-order valence-electron chi connectivity index (χ1n) is 5.45. The molecule has 1 aromatic carbocycles. The third-order valence-corrected chi connectivity index (χ3v) is 2.47. The second-order valence-corrected chi connectivity index (χ2v) is 3.70.